The second-order valence-corrected chi connectivity index (χ2v) is 5.82. The topological polar surface area (TPSA) is 69.6 Å². The second kappa shape index (κ2) is 9.61. The van der Waals surface area contributed by atoms with Crippen LogP contribution in [0.4, 0.5) is 4.79 Å². The molecular formula is C15H30N2O3. The van der Waals surface area contributed by atoms with Crippen molar-refractivity contribution in [2.75, 3.05) is 13.6 Å². The predicted octanol–water partition coefficient (Wildman–Crippen LogP) is 2.95. The number of aliphatic carboxylic acids is 1. The second-order valence-electron chi connectivity index (χ2n) is 5.82. The number of nitrogens with zero attached hydrogens (tertiary/aromatic N) is 1. The van der Waals surface area contributed by atoms with Crippen molar-refractivity contribution < 1.29 is 14.7 Å². The molecular weight excluding hydrogens is 256 g/mol. The zero-order valence-electron chi connectivity index (χ0n) is 13.5. The van der Waals surface area contributed by atoms with Crippen LogP contribution in [0.3, 0.4) is 0 Å². The van der Waals surface area contributed by atoms with E-state index in [9.17, 15) is 9.59 Å². The van der Waals surface area contributed by atoms with Crippen molar-refractivity contribution in [3.05, 3.63) is 0 Å². The molecule has 0 saturated carbocycles. The Morgan fingerprint density at radius 2 is 1.80 bits per heavy atom. The predicted molar refractivity (Wildman–Crippen MR) is 80.7 cm³/mol. The van der Waals surface area contributed by atoms with E-state index in [1.165, 1.54) is 0 Å². The van der Waals surface area contributed by atoms with E-state index < -0.39 is 5.97 Å². The van der Waals surface area contributed by atoms with Gasteiger partial charge < -0.3 is 15.3 Å². The Kier molecular flexibility index (Phi) is 9.01. The Bertz CT molecular complexity index is 305. The number of rotatable bonds is 9. The van der Waals surface area contributed by atoms with Crippen LogP contribution in [0, 0.1) is 11.8 Å². The van der Waals surface area contributed by atoms with Crippen molar-refractivity contribution in [3.8, 4) is 0 Å². The third-order valence-corrected chi connectivity index (χ3v) is 4.07. The summed E-state index contributed by atoms with van der Waals surface area (Å²) in [6.45, 7) is 8.88. The van der Waals surface area contributed by atoms with Gasteiger partial charge in [-0.25, -0.2) is 4.79 Å². The number of carboxylic acids is 1. The molecule has 2 amide bonds. The molecule has 2 atom stereocenters. The van der Waals surface area contributed by atoms with E-state index in [-0.39, 0.29) is 18.5 Å². The average Bonchev–Trinajstić information content (AvgIpc) is 2.40. The maximum absolute atomic E-state index is 11.9. The summed E-state index contributed by atoms with van der Waals surface area (Å²) >= 11 is 0. The van der Waals surface area contributed by atoms with Gasteiger partial charge >= 0.3 is 12.0 Å². The average molecular weight is 286 g/mol. The molecule has 20 heavy (non-hydrogen) atoms. The van der Waals surface area contributed by atoms with Crippen LogP contribution in [-0.4, -0.2) is 41.6 Å². The summed E-state index contributed by atoms with van der Waals surface area (Å²) in [4.78, 5) is 24.2. The van der Waals surface area contributed by atoms with Gasteiger partial charge in [0.05, 0.1) is 0 Å². The number of hydrogen-bond acceptors (Lipinski definition) is 2. The highest BCUT2D eigenvalue weighted by molar-refractivity contribution is 5.74. The maximum Gasteiger partial charge on any atom is 0.317 e. The van der Waals surface area contributed by atoms with Gasteiger partial charge in [0.15, 0.2) is 0 Å². The van der Waals surface area contributed by atoms with Crippen molar-refractivity contribution in [1.82, 2.24) is 10.2 Å². The van der Waals surface area contributed by atoms with E-state index in [0.29, 0.717) is 24.8 Å². The fourth-order valence-electron chi connectivity index (χ4n) is 2.02. The quantitative estimate of drug-likeness (QED) is 0.684. The van der Waals surface area contributed by atoms with Crippen LogP contribution in [0.5, 0.6) is 0 Å². The Hall–Kier alpha value is -1.26. The van der Waals surface area contributed by atoms with Crippen LogP contribution >= 0.6 is 0 Å². The maximum atomic E-state index is 11.9. The fourth-order valence-corrected chi connectivity index (χ4v) is 2.02. The smallest absolute Gasteiger partial charge is 0.317 e. The van der Waals surface area contributed by atoms with Gasteiger partial charge in [-0.2, -0.15) is 0 Å². The van der Waals surface area contributed by atoms with Gasteiger partial charge in [-0.05, 0) is 31.6 Å². The lowest BCUT2D eigenvalue weighted by Gasteiger charge is -2.28. The molecule has 0 saturated heterocycles. The van der Waals surface area contributed by atoms with E-state index in [0.717, 1.165) is 12.8 Å². The Balaban J connectivity index is 4.02. The number of carboxylic acid groups (broad SMARTS) is 1. The van der Waals surface area contributed by atoms with E-state index in [1.54, 1.807) is 4.90 Å². The molecule has 2 unspecified atom stereocenters. The van der Waals surface area contributed by atoms with E-state index in [1.807, 2.05) is 14.0 Å². The number of carbonyl (C=O) groups excluding carboxylic acids is 1. The van der Waals surface area contributed by atoms with Crippen molar-refractivity contribution in [2.45, 2.75) is 59.4 Å². The van der Waals surface area contributed by atoms with Crippen LogP contribution in [0.1, 0.15) is 53.4 Å². The first-order chi connectivity index (χ1) is 9.29. The lowest BCUT2D eigenvalue weighted by atomic mass is 9.97. The monoisotopic (exact) mass is 286 g/mol. The molecule has 0 aromatic carbocycles. The SMILES string of the molecule is CCC(CCNC(=O)N(C)C(C)C(C)C)CCC(=O)O. The van der Waals surface area contributed by atoms with Crippen LogP contribution in [0.15, 0.2) is 0 Å². The van der Waals surface area contributed by atoms with E-state index in [4.69, 9.17) is 5.11 Å². The molecule has 0 fully saturated rings. The fraction of sp³-hybridized carbons (Fsp3) is 0.867. The van der Waals surface area contributed by atoms with Crippen LogP contribution in [-0.2, 0) is 4.79 Å². The lowest BCUT2D eigenvalue weighted by molar-refractivity contribution is -0.137. The third-order valence-electron chi connectivity index (χ3n) is 4.07. The summed E-state index contributed by atoms with van der Waals surface area (Å²) in [5, 5.41) is 11.6. The summed E-state index contributed by atoms with van der Waals surface area (Å²) in [6, 6.07) is 0.142. The molecule has 2 N–H and O–H groups in total. The highest BCUT2D eigenvalue weighted by Gasteiger charge is 2.18. The van der Waals surface area contributed by atoms with Crippen LogP contribution in [0.2, 0.25) is 0 Å². The molecule has 0 aromatic rings. The first kappa shape index (κ1) is 18.7. The zero-order valence-corrected chi connectivity index (χ0v) is 13.5. The molecule has 0 heterocycles. The molecule has 0 bridgehead atoms. The van der Waals surface area contributed by atoms with Crippen LogP contribution < -0.4 is 5.32 Å². The van der Waals surface area contributed by atoms with Gasteiger partial charge in [-0.3, -0.25) is 4.79 Å². The van der Waals surface area contributed by atoms with Gasteiger partial charge in [0, 0.05) is 26.1 Å². The number of urea groups is 1. The number of carbonyl (C=O) groups is 2. The lowest BCUT2D eigenvalue weighted by Crippen LogP contribution is -2.44. The minimum absolute atomic E-state index is 0.0562. The van der Waals surface area contributed by atoms with E-state index >= 15 is 0 Å². The minimum atomic E-state index is -0.752. The summed E-state index contributed by atoms with van der Waals surface area (Å²) in [7, 11) is 1.81. The zero-order chi connectivity index (χ0) is 15.7. The number of amides is 2. The van der Waals surface area contributed by atoms with Gasteiger partial charge in [0.25, 0.3) is 0 Å². The van der Waals surface area contributed by atoms with Gasteiger partial charge in [-0.1, -0.05) is 27.2 Å². The Morgan fingerprint density at radius 1 is 1.20 bits per heavy atom. The summed E-state index contributed by atoms with van der Waals surface area (Å²) in [5.41, 5.74) is 0. The molecule has 0 aromatic heterocycles. The molecule has 0 aliphatic carbocycles. The minimum Gasteiger partial charge on any atom is -0.481 e. The largest absolute Gasteiger partial charge is 0.481 e. The third kappa shape index (κ3) is 7.36. The Labute approximate surface area is 122 Å². The first-order valence-electron chi connectivity index (χ1n) is 7.52. The van der Waals surface area contributed by atoms with Gasteiger partial charge in [-0.15, -0.1) is 0 Å². The first-order valence-corrected chi connectivity index (χ1v) is 7.52. The molecule has 0 spiro atoms. The molecule has 0 aliphatic rings. The van der Waals surface area contributed by atoms with E-state index in [2.05, 4.69) is 26.1 Å². The van der Waals surface area contributed by atoms with Crippen molar-refractivity contribution in [1.29, 1.82) is 0 Å². The number of nitrogens with one attached hydrogen (secondary N) is 1. The normalized spacial score (nSPS) is 13.9. The number of hydrogen-bond donors (Lipinski definition) is 2. The van der Waals surface area contributed by atoms with Crippen molar-refractivity contribution in [2.24, 2.45) is 11.8 Å². The molecule has 5 nitrogen and oxygen atoms in total. The standard InChI is InChI=1S/C15H30N2O3/c1-6-13(7-8-14(18)19)9-10-16-15(20)17(5)12(4)11(2)3/h11-13H,6-10H2,1-5H3,(H,16,20)(H,18,19). The van der Waals surface area contributed by atoms with Crippen molar-refractivity contribution in [3.63, 3.8) is 0 Å². The Morgan fingerprint density at radius 3 is 2.25 bits per heavy atom. The summed E-state index contributed by atoms with van der Waals surface area (Å²) in [5.74, 6) is 0.0295. The summed E-state index contributed by atoms with van der Waals surface area (Å²) < 4.78 is 0. The highest BCUT2D eigenvalue weighted by Crippen LogP contribution is 2.15. The summed E-state index contributed by atoms with van der Waals surface area (Å²) in [6.07, 6.45) is 2.66. The van der Waals surface area contributed by atoms with Crippen molar-refractivity contribution >= 4 is 12.0 Å². The van der Waals surface area contributed by atoms with Gasteiger partial charge in [0.2, 0.25) is 0 Å². The van der Waals surface area contributed by atoms with Crippen LogP contribution in [0.25, 0.3) is 0 Å². The molecule has 5 heteroatoms. The van der Waals surface area contributed by atoms with Gasteiger partial charge in [0.1, 0.15) is 0 Å². The molecule has 0 aliphatic heterocycles. The highest BCUT2D eigenvalue weighted by atomic mass is 16.4. The molecule has 0 rings (SSSR count). The molecule has 118 valence electrons. The molecule has 0 radical (unpaired) electrons.